The highest BCUT2D eigenvalue weighted by Gasteiger charge is 2.18. The van der Waals surface area contributed by atoms with E-state index in [0.29, 0.717) is 19.2 Å². The number of nitrogens with zero attached hydrogens (tertiary/aromatic N) is 3. The Morgan fingerprint density at radius 3 is 2.62 bits per heavy atom. The minimum Gasteiger partial charge on any atom is -0.490 e. The molecule has 2 aromatic rings. The van der Waals surface area contributed by atoms with E-state index in [1.165, 1.54) is 18.4 Å². The molecule has 1 aliphatic carbocycles. The van der Waals surface area contributed by atoms with Crippen LogP contribution in [0.4, 0.5) is 5.82 Å². The average molecular weight is 396 g/mol. The van der Waals surface area contributed by atoms with E-state index in [1.807, 2.05) is 31.3 Å². The number of pyridine rings is 1. The van der Waals surface area contributed by atoms with Crippen LogP contribution in [0.1, 0.15) is 42.4 Å². The van der Waals surface area contributed by atoms with Crippen molar-refractivity contribution in [3.05, 3.63) is 53.2 Å². The van der Waals surface area contributed by atoms with E-state index in [4.69, 9.17) is 4.74 Å². The molecule has 0 bridgehead atoms. The molecule has 0 amide bonds. The number of aromatic nitrogens is 1. The minimum absolute atomic E-state index is 0.352. The van der Waals surface area contributed by atoms with Crippen molar-refractivity contribution < 1.29 is 4.74 Å². The first-order valence-corrected chi connectivity index (χ1v) is 10.4. The maximum atomic E-state index is 6.31. The zero-order valence-electron chi connectivity index (χ0n) is 18.0. The van der Waals surface area contributed by atoms with Gasteiger partial charge in [0.1, 0.15) is 11.6 Å². The summed E-state index contributed by atoms with van der Waals surface area (Å²) in [5.41, 5.74) is 3.54. The lowest BCUT2D eigenvalue weighted by Crippen LogP contribution is -2.36. The smallest absolute Gasteiger partial charge is 0.191 e. The van der Waals surface area contributed by atoms with Crippen LogP contribution in [0.15, 0.2) is 41.5 Å². The first-order chi connectivity index (χ1) is 14.0. The summed E-state index contributed by atoms with van der Waals surface area (Å²) in [5.74, 6) is 2.70. The third kappa shape index (κ3) is 6.11. The van der Waals surface area contributed by atoms with Crippen LogP contribution in [0.25, 0.3) is 0 Å². The van der Waals surface area contributed by atoms with Gasteiger partial charge < -0.3 is 20.3 Å². The molecule has 1 aromatic heterocycles. The van der Waals surface area contributed by atoms with Gasteiger partial charge in [-0.25, -0.2) is 4.98 Å². The molecule has 156 valence electrons. The van der Waals surface area contributed by atoms with Gasteiger partial charge in [-0.3, -0.25) is 4.99 Å². The summed E-state index contributed by atoms with van der Waals surface area (Å²) >= 11 is 0. The maximum Gasteiger partial charge on any atom is 0.191 e. The second-order valence-corrected chi connectivity index (χ2v) is 7.83. The number of guanidine groups is 1. The summed E-state index contributed by atoms with van der Waals surface area (Å²) in [5, 5.41) is 6.79. The van der Waals surface area contributed by atoms with Gasteiger partial charge in [-0.15, -0.1) is 0 Å². The lowest BCUT2D eigenvalue weighted by atomic mass is 10.1. The average Bonchev–Trinajstić information content (AvgIpc) is 3.22. The molecule has 0 atom stereocenters. The highest BCUT2D eigenvalue weighted by Crippen LogP contribution is 2.27. The van der Waals surface area contributed by atoms with Gasteiger partial charge in [0.15, 0.2) is 5.96 Å². The molecule has 0 saturated heterocycles. The summed E-state index contributed by atoms with van der Waals surface area (Å²) in [6, 6.07) is 10.5. The Bertz CT molecular complexity index is 828. The molecule has 1 aromatic carbocycles. The fourth-order valence-corrected chi connectivity index (χ4v) is 3.50. The number of rotatable bonds is 7. The van der Waals surface area contributed by atoms with Crippen molar-refractivity contribution >= 4 is 11.8 Å². The Labute approximate surface area is 174 Å². The van der Waals surface area contributed by atoms with Crippen LogP contribution in [0, 0.1) is 6.92 Å². The van der Waals surface area contributed by atoms with Gasteiger partial charge in [-0.1, -0.05) is 12.1 Å². The number of anilines is 1. The number of aliphatic imine (C=N–C) groups is 1. The first kappa shape index (κ1) is 21.0. The number of nitrogens with one attached hydrogen (secondary N) is 2. The Morgan fingerprint density at radius 1 is 1.14 bits per heavy atom. The molecule has 1 saturated carbocycles. The summed E-state index contributed by atoms with van der Waals surface area (Å²) in [6.45, 7) is 3.46. The normalized spacial score (nSPS) is 14.7. The predicted molar refractivity (Wildman–Crippen MR) is 120 cm³/mol. The molecule has 1 fully saturated rings. The number of ether oxygens (including phenoxy) is 1. The maximum absolute atomic E-state index is 6.31. The minimum atomic E-state index is 0.352. The second-order valence-electron chi connectivity index (χ2n) is 7.83. The quantitative estimate of drug-likeness (QED) is 0.554. The van der Waals surface area contributed by atoms with Gasteiger partial charge in [0.25, 0.3) is 0 Å². The van der Waals surface area contributed by atoms with Crippen molar-refractivity contribution in [2.75, 3.05) is 26.0 Å². The number of benzene rings is 1. The largest absolute Gasteiger partial charge is 0.490 e. The number of hydrogen-bond acceptors (Lipinski definition) is 4. The number of hydrogen-bond donors (Lipinski definition) is 2. The standard InChI is InChI=1S/C23H33N5O/c1-17-9-10-19(21(13-17)29-20-7-5-6-8-20)16-27-23(24-2)26-15-18-11-12-25-22(14-18)28(3)4/h9-14,20H,5-8,15-16H2,1-4H3,(H2,24,26,27). The van der Waals surface area contributed by atoms with Crippen molar-refractivity contribution in [2.45, 2.75) is 51.8 Å². The zero-order valence-corrected chi connectivity index (χ0v) is 18.0. The van der Waals surface area contributed by atoms with Crippen molar-refractivity contribution in [1.29, 1.82) is 0 Å². The summed E-state index contributed by atoms with van der Waals surface area (Å²) in [6.07, 6.45) is 7.04. The van der Waals surface area contributed by atoms with Gasteiger partial charge in [0.2, 0.25) is 0 Å². The topological polar surface area (TPSA) is 61.8 Å². The van der Waals surface area contributed by atoms with E-state index >= 15 is 0 Å². The highest BCUT2D eigenvalue weighted by molar-refractivity contribution is 5.79. The Kier molecular flexibility index (Phi) is 7.33. The van der Waals surface area contributed by atoms with E-state index in [0.717, 1.165) is 41.5 Å². The van der Waals surface area contributed by atoms with Crippen LogP contribution in [0.5, 0.6) is 5.75 Å². The van der Waals surface area contributed by atoms with Crippen molar-refractivity contribution in [3.63, 3.8) is 0 Å². The summed E-state index contributed by atoms with van der Waals surface area (Å²) in [7, 11) is 5.78. The zero-order chi connectivity index (χ0) is 20.6. The fraction of sp³-hybridized carbons (Fsp3) is 0.478. The van der Waals surface area contributed by atoms with Crippen LogP contribution in [-0.4, -0.2) is 38.2 Å². The van der Waals surface area contributed by atoms with Gasteiger partial charge >= 0.3 is 0 Å². The third-order valence-electron chi connectivity index (χ3n) is 5.22. The van der Waals surface area contributed by atoms with E-state index in [-0.39, 0.29) is 0 Å². The van der Waals surface area contributed by atoms with Gasteiger partial charge in [0.05, 0.1) is 6.10 Å². The molecule has 0 aliphatic heterocycles. The fourth-order valence-electron chi connectivity index (χ4n) is 3.50. The monoisotopic (exact) mass is 395 g/mol. The van der Waals surface area contributed by atoms with Crippen LogP contribution in [-0.2, 0) is 13.1 Å². The molecule has 1 heterocycles. The Morgan fingerprint density at radius 2 is 1.90 bits per heavy atom. The molecule has 3 rings (SSSR count). The lowest BCUT2D eigenvalue weighted by molar-refractivity contribution is 0.207. The van der Waals surface area contributed by atoms with E-state index in [9.17, 15) is 0 Å². The van der Waals surface area contributed by atoms with Crippen LogP contribution < -0.4 is 20.3 Å². The first-order valence-electron chi connectivity index (χ1n) is 10.4. The molecular formula is C23H33N5O. The SMILES string of the molecule is CN=C(NCc1ccnc(N(C)C)c1)NCc1ccc(C)cc1OC1CCCC1. The predicted octanol–water partition coefficient (Wildman–Crippen LogP) is 3.64. The Balaban J connectivity index is 1.58. The molecule has 1 aliphatic rings. The van der Waals surface area contributed by atoms with Crippen molar-refractivity contribution in [1.82, 2.24) is 15.6 Å². The molecular weight excluding hydrogens is 362 g/mol. The van der Waals surface area contributed by atoms with Gasteiger partial charge in [-0.2, -0.15) is 0 Å². The molecule has 0 spiro atoms. The molecule has 2 N–H and O–H groups in total. The van der Waals surface area contributed by atoms with E-state index < -0.39 is 0 Å². The van der Waals surface area contributed by atoms with Crippen molar-refractivity contribution in [2.24, 2.45) is 4.99 Å². The molecule has 0 radical (unpaired) electrons. The number of aryl methyl sites for hydroxylation is 1. The second kappa shape index (κ2) is 10.1. The molecule has 0 unspecified atom stereocenters. The van der Waals surface area contributed by atoms with Crippen LogP contribution in [0.2, 0.25) is 0 Å². The van der Waals surface area contributed by atoms with E-state index in [2.05, 4.69) is 51.8 Å². The van der Waals surface area contributed by atoms with Crippen LogP contribution in [0.3, 0.4) is 0 Å². The third-order valence-corrected chi connectivity index (χ3v) is 5.22. The highest BCUT2D eigenvalue weighted by atomic mass is 16.5. The van der Waals surface area contributed by atoms with E-state index in [1.54, 1.807) is 7.05 Å². The molecule has 29 heavy (non-hydrogen) atoms. The van der Waals surface area contributed by atoms with Gasteiger partial charge in [0, 0.05) is 46.0 Å². The molecule has 6 heteroatoms. The Hall–Kier alpha value is -2.76. The molecule has 6 nitrogen and oxygen atoms in total. The summed E-state index contributed by atoms with van der Waals surface area (Å²) in [4.78, 5) is 10.7. The van der Waals surface area contributed by atoms with Gasteiger partial charge in [-0.05, 0) is 61.9 Å². The lowest BCUT2D eigenvalue weighted by Gasteiger charge is -2.19. The van der Waals surface area contributed by atoms with Crippen molar-refractivity contribution in [3.8, 4) is 5.75 Å². The summed E-state index contributed by atoms with van der Waals surface area (Å²) < 4.78 is 6.31. The van der Waals surface area contributed by atoms with Crippen LogP contribution >= 0.6 is 0 Å².